The van der Waals surface area contributed by atoms with Crippen molar-refractivity contribution in [2.45, 2.75) is 43.3 Å². The van der Waals surface area contributed by atoms with E-state index in [2.05, 4.69) is 26.4 Å². The standard InChI is InChI=1S/C24H25ClFN5O/c1-30-10-16(9-28-30)19-7-21(19)24(32)29-23-6-13-4-20(22(25)5-15(13)8-27-23)14-2-18(3-14)31-11-17(26)12-31/h4-6,8-10,14,17-19,21H,2-3,7,11-12H2,1H3,(H,27,29,32). The van der Waals surface area contributed by atoms with Crippen LogP contribution >= 0.6 is 11.6 Å². The largest absolute Gasteiger partial charge is 0.310 e. The van der Waals surface area contributed by atoms with Gasteiger partial charge in [-0.25, -0.2) is 9.37 Å². The van der Waals surface area contributed by atoms with Crippen LogP contribution in [0.15, 0.2) is 36.8 Å². The predicted octanol–water partition coefficient (Wildman–Crippen LogP) is 4.26. The molecule has 0 radical (unpaired) electrons. The second kappa shape index (κ2) is 7.52. The third-order valence-corrected chi connectivity index (χ3v) is 7.63. The number of carbonyl (C=O) groups is 1. The Hall–Kier alpha value is -2.51. The first-order valence-electron chi connectivity index (χ1n) is 11.2. The van der Waals surface area contributed by atoms with Crippen LogP contribution in [0.3, 0.4) is 0 Å². The lowest BCUT2D eigenvalue weighted by molar-refractivity contribution is -0.117. The molecule has 1 saturated heterocycles. The molecule has 0 bridgehead atoms. The summed E-state index contributed by atoms with van der Waals surface area (Å²) in [5.41, 5.74) is 2.24. The van der Waals surface area contributed by atoms with E-state index in [1.54, 1.807) is 10.9 Å². The lowest BCUT2D eigenvalue weighted by Gasteiger charge is -2.48. The minimum Gasteiger partial charge on any atom is -0.310 e. The summed E-state index contributed by atoms with van der Waals surface area (Å²) < 4.78 is 14.9. The van der Waals surface area contributed by atoms with Crippen LogP contribution in [0.4, 0.5) is 10.2 Å². The summed E-state index contributed by atoms with van der Waals surface area (Å²) in [5.74, 6) is 1.17. The SMILES string of the molecule is Cn1cc(C2CC2C(=O)Nc2cc3cc(C4CC(N5CC(F)C5)C4)c(Cl)cc3cn2)cn1. The second-order valence-corrected chi connectivity index (χ2v) is 9.96. The van der Waals surface area contributed by atoms with Crippen LogP contribution in [-0.2, 0) is 11.8 Å². The first-order chi connectivity index (χ1) is 15.4. The number of carbonyl (C=O) groups excluding carboxylic acids is 1. The average Bonchev–Trinajstić information content (AvgIpc) is 3.40. The molecule has 6 nitrogen and oxygen atoms in total. The van der Waals surface area contributed by atoms with Gasteiger partial charge in [-0.15, -0.1) is 0 Å². The molecule has 3 aliphatic rings. The van der Waals surface area contributed by atoms with Crippen molar-refractivity contribution in [3.8, 4) is 0 Å². The number of hydrogen-bond acceptors (Lipinski definition) is 4. The monoisotopic (exact) mass is 453 g/mol. The number of alkyl halides is 1. The minimum atomic E-state index is -0.658. The van der Waals surface area contributed by atoms with E-state index in [4.69, 9.17) is 11.6 Å². The Morgan fingerprint density at radius 1 is 1.16 bits per heavy atom. The smallest absolute Gasteiger partial charge is 0.229 e. The minimum absolute atomic E-state index is 0.00226. The van der Waals surface area contributed by atoms with Crippen molar-refractivity contribution in [1.29, 1.82) is 0 Å². The maximum atomic E-state index is 13.1. The number of halogens is 2. The van der Waals surface area contributed by atoms with Gasteiger partial charge in [0.05, 0.1) is 6.20 Å². The second-order valence-electron chi connectivity index (χ2n) is 9.55. The quantitative estimate of drug-likeness (QED) is 0.626. The van der Waals surface area contributed by atoms with Crippen LogP contribution in [-0.4, -0.2) is 50.9 Å². The molecule has 1 aromatic carbocycles. The molecule has 0 spiro atoms. The summed E-state index contributed by atoms with van der Waals surface area (Å²) in [6, 6.07) is 6.48. The van der Waals surface area contributed by atoms with Crippen molar-refractivity contribution in [3.05, 3.63) is 52.9 Å². The number of nitrogens with zero attached hydrogens (tertiary/aromatic N) is 4. The van der Waals surface area contributed by atoms with Crippen LogP contribution in [0.25, 0.3) is 10.8 Å². The van der Waals surface area contributed by atoms with Gasteiger partial charge in [0, 0.05) is 54.9 Å². The fourth-order valence-corrected chi connectivity index (χ4v) is 5.49. The maximum Gasteiger partial charge on any atom is 0.229 e. The lowest BCUT2D eigenvalue weighted by atomic mass is 9.74. The fourth-order valence-electron chi connectivity index (χ4n) is 5.16. The van der Waals surface area contributed by atoms with E-state index in [0.29, 0.717) is 30.9 Å². The van der Waals surface area contributed by atoms with E-state index in [1.165, 1.54) is 0 Å². The number of hydrogen-bond donors (Lipinski definition) is 1. The Morgan fingerprint density at radius 2 is 1.97 bits per heavy atom. The number of pyridine rings is 1. The molecule has 1 amide bonds. The van der Waals surface area contributed by atoms with Crippen LogP contribution in [0, 0.1) is 5.92 Å². The van der Waals surface area contributed by atoms with Gasteiger partial charge in [0.1, 0.15) is 12.0 Å². The highest BCUT2D eigenvalue weighted by atomic mass is 35.5. The molecular weight excluding hydrogens is 429 g/mol. The van der Waals surface area contributed by atoms with Gasteiger partial charge < -0.3 is 5.32 Å². The summed E-state index contributed by atoms with van der Waals surface area (Å²) in [6.07, 6.45) is 7.79. The summed E-state index contributed by atoms with van der Waals surface area (Å²) in [4.78, 5) is 19.4. The number of aryl methyl sites for hydroxylation is 1. The molecule has 3 aromatic rings. The highest BCUT2D eigenvalue weighted by Crippen LogP contribution is 2.48. The van der Waals surface area contributed by atoms with E-state index in [-0.39, 0.29) is 17.7 Å². The number of nitrogens with one attached hydrogen (secondary N) is 1. The van der Waals surface area contributed by atoms with Crippen LogP contribution < -0.4 is 5.32 Å². The topological polar surface area (TPSA) is 63.1 Å². The number of aromatic nitrogens is 3. The van der Waals surface area contributed by atoms with E-state index in [9.17, 15) is 9.18 Å². The molecule has 2 saturated carbocycles. The van der Waals surface area contributed by atoms with Crippen molar-refractivity contribution in [1.82, 2.24) is 19.7 Å². The fraction of sp³-hybridized carbons (Fsp3) is 0.458. The van der Waals surface area contributed by atoms with Crippen LogP contribution in [0.1, 0.15) is 42.2 Å². The Balaban J connectivity index is 1.14. The molecule has 32 heavy (non-hydrogen) atoms. The zero-order valence-corrected chi connectivity index (χ0v) is 18.6. The summed E-state index contributed by atoms with van der Waals surface area (Å²) in [7, 11) is 1.88. The van der Waals surface area contributed by atoms with Crippen molar-refractivity contribution in [2.24, 2.45) is 13.0 Å². The molecule has 2 unspecified atom stereocenters. The van der Waals surface area contributed by atoms with Gasteiger partial charge in [-0.1, -0.05) is 11.6 Å². The van der Waals surface area contributed by atoms with Crippen molar-refractivity contribution < 1.29 is 9.18 Å². The molecule has 2 atom stereocenters. The molecular formula is C24H25ClFN5O. The molecule has 1 aliphatic heterocycles. The Kier molecular flexibility index (Phi) is 4.73. The average molecular weight is 454 g/mol. The molecule has 8 heteroatoms. The molecule has 166 valence electrons. The molecule has 2 aliphatic carbocycles. The molecule has 6 rings (SSSR count). The Morgan fingerprint density at radius 3 is 2.69 bits per heavy atom. The number of benzene rings is 1. The van der Waals surface area contributed by atoms with E-state index in [1.807, 2.05) is 31.6 Å². The first-order valence-corrected chi connectivity index (χ1v) is 11.6. The van der Waals surface area contributed by atoms with Crippen molar-refractivity contribution in [3.63, 3.8) is 0 Å². The van der Waals surface area contributed by atoms with Gasteiger partial charge in [-0.05, 0) is 65.8 Å². The van der Waals surface area contributed by atoms with Crippen molar-refractivity contribution in [2.75, 3.05) is 18.4 Å². The van der Waals surface area contributed by atoms with Gasteiger partial charge in [0.25, 0.3) is 0 Å². The zero-order valence-electron chi connectivity index (χ0n) is 17.8. The van der Waals surface area contributed by atoms with Gasteiger partial charge >= 0.3 is 0 Å². The molecule has 3 heterocycles. The molecule has 1 N–H and O–H groups in total. The third kappa shape index (κ3) is 3.57. The zero-order chi connectivity index (χ0) is 22.0. The predicted molar refractivity (Wildman–Crippen MR) is 122 cm³/mol. The van der Waals surface area contributed by atoms with Gasteiger partial charge in [-0.3, -0.25) is 14.4 Å². The van der Waals surface area contributed by atoms with Gasteiger partial charge in [0.2, 0.25) is 5.91 Å². The van der Waals surface area contributed by atoms with Crippen LogP contribution in [0.2, 0.25) is 5.02 Å². The summed E-state index contributed by atoms with van der Waals surface area (Å²) in [5, 5.41) is 9.91. The summed E-state index contributed by atoms with van der Waals surface area (Å²) in [6.45, 7) is 1.14. The highest BCUT2D eigenvalue weighted by Gasteiger charge is 2.45. The van der Waals surface area contributed by atoms with Gasteiger partial charge in [0.15, 0.2) is 0 Å². The molecule has 2 aromatic heterocycles. The maximum absolute atomic E-state index is 13.1. The normalized spacial score (nSPS) is 27.7. The number of rotatable bonds is 5. The first kappa shape index (κ1) is 20.1. The number of fused-ring (bicyclic) bond motifs is 1. The molecule has 3 fully saturated rings. The van der Waals surface area contributed by atoms with Crippen LogP contribution in [0.5, 0.6) is 0 Å². The third-order valence-electron chi connectivity index (χ3n) is 7.30. The number of likely N-dealkylation sites (tertiary alicyclic amines) is 1. The number of amides is 1. The lowest BCUT2D eigenvalue weighted by Crippen LogP contribution is -2.57. The van der Waals surface area contributed by atoms with Crippen molar-refractivity contribution >= 4 is 34.1 Å². The highest BCUT2D eigenvalue weighted by molar-refractivity contribution is 6.32. The Bertz CT molecular complexity index is 1200. The number of anilines is 1. The van der Waals surface area contributed by atoms with Gasteiger partial charge in [-0.2, -0.15) is 5.10 Å². The van der Waals surface area contributed by atoms with E-state index in [0.717, 1.165) is 46.2 Å². The summed E-state index contributed by atoms with van der Waals surface area (Å²) >= 11 is 6.58. The van der Waals surface area contributed by atoms with E-state index < -0.39 is 6.17 Å². The van der Waals surface area contributed by atoms with E-state index >= 15 is 0 Å². The Labute approximate surface area is 190 Å².